The Labute approximate surface area is 237 Å². The minimum Gasteiger partial charge on any atom is -0.397 e. The topological polar surface area (TPSA) is 104 Å². The number of nitrogens with zero attached hydrogens (tertiary/aromatic N) is 7. The summed E-state index contributed by atoms with van der Waals surface area (Å²) in [5.41, 5.74) is 6.25. The molecule has 0 saturated carbocycles. The predicted octanol–water partition coefficient (Wildman–Crippen LogP) is 2.83. The molecule has 0 spiro atoms. The Morgan fingerprint density at radius 3 is 2.48 bits per heavy atom. The molecule has 12 heteroatoms. The smallest absolute Gasteiger partial charge is 0.282 e. The molecule has 1 amide bonds. The van der Waals surface area contributed by atoms with Crippen LogP contribution in [-0.4, -0.2) is 88.6 Å². The fraction of sp³-hybridized carbons (Fsp3) is 0.429. The second-order valence-corrected chi connectivity index (χ2v) is 10.5. The van der Waals surface area contributed by atoms with Crippen LogP contribution in [0.2, 0.25) is 5.02 Å². The van der Waals surface area contributed by atoms with Gasteiger partial charge in [-0.05, 0) is 44.3 Å². The molecule has 40 heavy (non-hydrogen) atoms. The van der Waals surface area contributed by atoms with Crippen LogP contribution in [0.1, 0.15) is 19.5 Å². The monoisotopic (exact) mass is 568 g/mol. The van der Waals surface area contributed by atoms with Gasteiger partial charge in [0, 0.05) is 51.0 Å². The van der Waals surface area contributed by atoms with Crippen LogP contribution in [0, 0.1) is 12.7 Å². The third-order valence-electron chi connectivity index (χ3n) is 7.89. The summed E-state index contributed by atoms with van der Waals surface area (Å²) in [6, 6.07) is 5.00. The number of aromatic nitrogens is 3. The maximum absolute atomic E-state index is 15.2. The first-order chi connectivity index (χ1) is 19.2. The molecule has 2 aliphatic heterocycles. The third-order valence-corrected chi connectivity index (χ3v) is 8.18. The number of amides is 1. The van der Waals surface area contributed by atoms with E-state index in [1.165, 1.54) is 22.8 Å². The molecule has 2 aliphatic rings. The van der Waals surface area contributed by atoms with Crippen LogP contribution in [0.4, 0.5) is 21.8 Å². The van der Waals surface area contributed by atoms with Crippen molar-refractivity contribution in [1.82, 2.24) is 24.3 Å². The summed E-state index contributed by atoms with van der Waals surface area (Å²) in [7, 11) is 0. The Hall–Kier alpha value is -3.70. The van der Waals surface area contributed by atoms with Crippen LogP contribution in [0.25, 0.3) is 16.6 Å². The number of pyridine rings is 1. The molecule has 5 rings (SSSR count). The van der Waals surface area contributed by atoms with Crippen LogP contribution in [0.15, 0.2) is 35.6 Å². The van der Waals surface area contributed by atoms with Gasteiger partial charge in [0.15, 0.2) is 5.82 Å². The molecule has 2 fully saturated rings. The normalized spacial score (nSPS) is 16.1. The van der Waals surface area contributed by atoms with Crippen molar-refractivity contribution in [2.75, 3.05) is 67.9 Å². The molecule has 0 aliphatic carbocycles. The highest BCUT2D eigenvalue weighted by atomic mass is 35.5. The largest absolute Gasteiger partial charge is 0.397 e. The van der Waals surface area contributed by atoms with Gasteiger partial charge in [-0.3, -0.25) is 19.1 Å². The quantitative estimate of drug-likeness (QED) is 0.343. The molecule has 2 saturated heterocycles. The minimum absolute atomic E-state index is 0.0915. The van der Waals surface area contributed by atoms with Gasteiger partial charge in [0.2, 0.25) is 11.9 Å². The first kappa shape index (κ1) is 27.9. The number of carbonyl (C=O) groups excluding carboxylic acids is 1. The zero-order chi connectivity index (χ0) is 28.7. The standard InChI is InChI=1S/C28H34ClFN8O2/c1-5-22(39)35-10-12-36(13-11-35)26-19-14-17(4)38(25-21(31)9-8-20(29)23(25)30)27(40)24(19)32-28(33-26)37-15-18(16-37)34(6-2)7-3/h5,8-9,14,18H,1,6-7,10-13,15-16,31H2,2-4H3. The summed E-state index contributed by atoms with van der Waals surface area (Å²) >= 11 is 6.06. The van der Waals surface area contributed by atoms with Crippen molar-refractivity contribution in [2.24, 2.45) is 0 Å². The van der Waals surface area contributed by atoms with E-state index in [-0.39, 0.29) is 27.8 Å². The molecule has 0 unspecified atom stereocenters. The van der Waals surface area contributed by atoms with Crippen molar-refractivity contribution in [3.8, 4) is 5.69 Å². The van der Waals surface area contributed by atoms with Gasteiger partial charge in [0.05, 0.1) is 16.1 Å². The number of nitrogen functional groups attached to an aromatic ring is 1. The molecule has 3 aromatic rings. The first-order valence-corrected chi connectivity index (χ1v) is 13.9. The van der Waals surface area contributed by atoms with Crippen LogP contribution in [-0.2, 0) is 4.79 Å². The maximum atomic E-state index is 15.2. The summed E-state index contributed by atoms with van der Waals surface area (Å²) in [4.78, 5) is 44.1. The molecule has 1 aromatic carbocycles. The SMILES string of the molecule is C=CC(=O)N1CCN(c2nc(N3CC(N(CC)CC)C3)nc3c(=O)n(-c4c(N)ccc(Cl)c4F)c(C)cc23)CC1. The van der Waals surface area contributed by atoms with Gasteiger partial charge in [-0.25, -0.2) is 9.37 Å². The lowest BCUT2D eigenvalue weighted by molar-refractivity contribution is -0.126. The second kappa shape index (κ2) is 11.1. The number of hydrogen-bond donors (Lipinski definition) is 1. The van der Waals surface area contributed by atoms with Crippen LogP contribution >= 0.6 is 11.6 Å². The van der Waals surface area contributed by atoms with Gasteiger partial charge in [0.1, 0.15) is 17.0 Å². The number of fused-ring (bicyclic) bond motifs is 1. The molecule has 2 N–H and O–H groups in total. The van der Waals surface area contributed by atoms with Gasteiger partial charge >= 0.3 is 0 Å². The van der Waals surface area contributed by atoms with E-state index in [1.807, 2.05) is 0 Å². The van der Waals surface area contributed by atoms with Crippen molar-refractivity contribution >= 4 is 45.9 Å². The molecule has 2 aromatic heterocycles. The Kier molecular flexibility index (Phi) is 7.70. The van der Waals surface area contributed by atoms with Crippen molar-refractivity contribution in [3.63, 3.8) is 0 Å². The zero-order valence-electron chi connectivity index (χ0n) is 23.0. The lowest BCUT2D eigenvalue weighted by Gasteiger charge is -2.45. The minimum atomic E-state index is -0.770. The summed E-state index contributed by atoms with van der Waals surface area (Å²) in [6.45, 7) is 15.0. The molecule has 0 atom stereocenters. The highest BCUT2D eigenvalue weighted by Crippen LogP contribution is 2.32. The fourth-order valence-electron chi connectivity index (χ4n) is 5.58. The van der Waals surface area contributed by atoms with E-state index >= 15 is 4.39 Å². The Morgan fingerprint density at radius 2 is 1.85 bits per heavy atom. The fourth-order valence-corrected chi connectivity index (χ4v) is 5.73. The van der Waals surface area contributed by atoms with Gasteiger partial charge in [0.25, 0.3) is 5.56 Å². The molecule has 212 valence electrons. The predicted molar refractivity (Wildman–Crippen MR) is 157 cm³/mol. The number of halogens is 2. The number of rotatable bonds is 7. The number of piperazine rings is 1. The van der Waals surface area contributed by atoms with Crippen LogP contribution in [0.5, 0.6) is 0 Å². The average molecular weight is 569 g/mol. The van der Waals surface area contributed by atoms with Crippen molar-refractivity contribution in [3.05, 3.63) is 57.7 Å². The molecular weight excluding hydrogens is 535 g/mol. The van der Waals surface area contributed by atoms with E-state index in [0.717, 1.165) is 26.2 Å². The number of aryl methyl sites for hydroxylation is 1. The van der Waals surface area contributed by atoms with Gasteiger partial charge in [-0.2, -0.15) is 4.98 Å². The zero-order valence-corrected chi connectivity index (χ0v) is 23.8. The highest BCUT2D eigenvalue weighted by molar-refractivity contribution is 6.31. The highest BCUT2D eigenvalue weighted by Gasteiger charge is 2.34. The van der Waals surface area contributed by atoms with E-state index in [2.05, 4.69) is 35.1 Å². The number of likely N-dealkylation sites (N-methyl/N-ethyl adjacent to an activating group) is 1. The van der Waals surface area contributed by atoms with Crippen LogP contribution < -0.4 is 21.1 Å². The van der Waals surface area contributed by atoms with E-state index in [1.54, 1.807) is 17.9 Å². The Morgan fingerprint density at radius 1 is 1.18 bits per heavy atom. The molecule has 0 bridgehead atoms. The second-order valence-electron chi connectivity index (χ2n) is 10.1. The van der Waals surface area contributed by atoms with Crippen molar-refractivity contribution in [1.29, 1.82) is 0 Å². The Balaban J connectivity index is 1.63. The summed E-state index contributed by atoms with van der Waals surface area (Å²) in [5.74, 6) is 0.177. The summed E-state index contributed by atoms with van der Waals surface area (Å²) < 4.78 is 16.4. The number of hydrogen-bond acceptors (Lipinski definition) is 8. The summed E-state index contributed by atoms with van der Waals surface area (Å²) in [6.07, 6.45) is 1.32. The van der Waals surface area contributed by atoms with Gasteiger partial charge in [-0.15, -0.1) is 0 Å². The number of benzene rings is 1. The van der Waals surface area contributed by atoms with Gasteiger partial charge < -0.3 is 20.4 Å². The first-order valence-electron chi connectivity index (χ1n) is 13.5. The Bertz CT molecular complexity index is 1530. The number of nitrogens with two attached hydrogens (primary N) is 1. The lowest BCUT2D eigenvalue weighted by Crippen LogP contribution is -2.60. The van der Waals surface area contributed by atoms with E-state index in [9.17, 15) is 9.59 Å². The van der Waals surface area contributed by atoms with E-state index in [4.69, 9.17) is 27.3 Å². The molecule has 4 heterocycles. The van der Waals surface area contributed by atoms with Crippen molar-refractivity contribution in [2.45, 2.75) is 26.8 Å². The molecular formula is C28H34ClFN8O2. The van der Waals surface area contributed by atoms with E-state index < -0.39 is 11.4 Å². The summed E-state index contributed by atoms with van der Waals surface area (Å²) in [5, 5.41) is 0.433. The number of anilines is 3. The third kappa shape index (κ3) is 4.77. The van der Waals surface area contributed by atoms with Gasteiger partial charge in [-0.1, -0.05) is 32.0 Å². The molecule has 10 nitrogen and oxygen atoms in total. The average Bonchev–Trinajstić information content (AvgIpc) is 2.93. The number of carbonyl (C=O) groups is 1. The van der Waals surface area contributed by atoms with Crippen molar-refractivity contribution < 1.29 is 9.18 Å². The molecule has 0 radical (unpaired) electrons. The lowest BCUT2D eigenvalue weighted by atomic mass is 10.1. The van der Waals surface area contributed by atoms with E-state index in [0.29, 0.717) is 55.1 Å². The van der Waals surface area contributed by atoms with Crippen LogP contribution in [0.3, 0.4) is 0 Å². The maximum Gasteiger partial charge on any atom is 0.282 e.